The van der Waals surface area contributed by atoms with Crippen LogP contribution in [0.15, 0.2) is 146 Å². The highest BCUT2D eigenvalue weighted by molar-refractivity contribution is 6.21. The van der Waals surface area contributed by atoms with Crippen LogP contribution >= 0.6 is 0 Å². The molecule has 176 valence electrons. The molecule has 0 spiro atoms. The molecule has 0 saturated carbocycles. The third kappa shape index (κ3) is 3.11. The van der Waals surface area contributed by atoms with Crippen LogP contribution in [0.5, 0.6) is 0 Å². The van der Waals surface area contributed by atoms with Crippen molar-refractivity contribution in [3.8, 4) is 55.6 Å². The summed E-state index contributed by atoms with van der Waals surface area (Å²) in [4.78, 5) is 0. The van der Waals surface area contributed by atoms with Gasteiger partial charge in [0.25, 0.3) is 0 Å². The van der Waals surface area contributed by atoms with Crippen molar-refractivity contribution >= 4 is 21.5 Å². The highest BCUT2D eigenvalue weighted by Gasteiger charge is 2.27. The highest BCUT2D eigenvalue weighted by Crippen LogP contribution is 2.55. The maximum atomic E-state index is 2.34. The monoisotopic (exact) mass is 480 g/mol. The van der Waals surface area contributed by atoms with E-state index in [0.29, 0.717) is 0 Å². The van der Waals surface area contributed by atoms with Gasteiger partial charge in [-0.3, -0.25) is 0 Å². The van der Waals surface area contributed by atoms with Crippen LogP contribution in [0, 0.1) is 0 Å². The molecule has 1 aliphatic carbocycles. The Balaban J connectivity index is 1.45. The first-order valence-corrected chi connectivity index (χ1v) is 13.2. The second kappa shape index (κ2) is 8.30. The van der Waals surface area contributed by atoms with E-state index in [1.807, 2.05) is 0 Å². The standard InChI is InChI=1S/C38H24/c1-2-10-25(11-3-1)28-16-6-17-29(24-28)31-22-23-33(32-19-7-13-26-12-4-5-18-30(26)32)38-35-21-9-15-27-14-8-20-34(36(27)35)37(31)38/h1-24H. The van der Waals surface area contributed by atoms with Gasteiger partial charge < -0.3 is 0 Å². The van der Waals surface area contributed by atoms with Crippen LogP contribution in [0.3, 0.4) is 0 Å². The van der Waals surface area contributed by atoms with Crippen LogP contribution in [0.25, 0.3) is 77.2 Å². The zero-order valence-corrected chi connectivity index (χ0v) is 20.9. The van der Waals surface area contributed by atoms with Crippen LogP contribution in [-0.4, -0.2) is 0 Å². The molecule has 0 bridgehead atoms. The molecule has 0 unspecified atom stereocenters. The van der Waals surface area contributed by atoms with E-state index in [1.165, 1.54) is 77.2 Å². The molecule has 8 rings (SSSR count). The van der Waals surface area contributed by atoms with E-state index in [9.17, 15) is 0 Å². The third-order valence-corrected chi connectivity index (χ3v) is 8.01. The molecule has 7 aromatic rings. The van der Waals surface area contributed by atoms with Gasteiger partial charge in [-0.25, -0.2) is 0 Å². The Morgan fingerprint density at radius 3 is 1.66 bits per heavy atom. The first-order chi connectivity index (χ1) is 18.9. The predicted molar refractivity (Wildman–Crippen MR) is 162 cm³/mol. The first kappa shape index (κ1) is 21.2. The maximum Gasteiger partial charge on any atom is -0.00137 e. The van der Waals surface area contributed by atoms with Crippen molar-refractivity contribution in [2.24, 2.45) is 0 Å². The number of hydrogen-bond acceptors (Lipinski definition) is 0. The Kier molecular flexibility index (Phi) is 4.62. The first-order valence-electron chi connectivity index (χ1n) is 13.2. The van der Waals surface area contributed by atoms with E-state index in [1.54, 1.807) is 0 Å². The largest absolute Gasteiger partial charge is 0.0622 e. The molecule has 38 heavy (non-hydrogen) atoms. The molecule has 1 aliphatic rings. The minimum Gasteiger partial charge on any atom is -0.0622 e. The molecule has 0 aromatic heterocycles. The van der Waals surface area contributed by atoms with E-state index in [2.05, 4.69) is 146 Å². The maximum absolute atomic E-state index is 2.34. The van der Waals surface area contributed by atoms with Gasteiger partial charge in [-0.05, 0) is 83.2 Å². The topological polar surface area (TPSA) is 0 Å². The second-order valence-corrected chi connectivity index (χ2v) is 10.1. The summed E-state index contributed by atoms with van der Waals surface area (Å²) in [6.45, 7) is 0. The van der Waals surface area contributed by atoms with Gasteiger partial charge in [0.2, 0.25) is 0 Å². The van der Waals surface area contributed by atoms with Crippen molar-refractivity contribution < 1.29 is 0 Å². The molecule has 0 nitrogen and oxygen atoms in total. The molecular weight excluding hydrogens is 456 g/mol. The lowest BCUT2D eigenvalue weighted by Gasteiger charge is -2.17. The van der Waals surface area contributed by atoms with Crippen molar-refractivity contribution in [1.29, 1.82) is 0 Å². The van der Waals surface area contributed by atoms with Crippen LogP contribution in [0.4, 0.5) is 0 Å². The summed E-state index contributed by atoms with van der Waals surface area (Å²) in [5.74, 6) is 0. The highest BCUT2D eigenvalue weighted by atomic mass is 14.3. The van der Waals surface area contributed by atoms with E-state index in [4.69, 9.17) is 0 Å². The molecule has 0 fully saturated rings. The zero-order chi connectivity index (χ0) is 25.1. The summed E-state index contributed by atoms with van der Waals surface area (Å²) in [7, 11) is 0. The third-order valence-electron chi connectivity index (χ3n) is 8.01. The van der Waals surface area contributed by atoms with E-state index in [0.717, 1.165) is 0 Å². The van der Waals surface area contributed by atoms with Crippen molar-refractivity contribution in [2.45, 2.75) is 0 Å². The fraction of sp³-hybridized carbons (Fsp3) is 0. The lowest BCUT2D eigenvalue weighted by atomic mass is 9.86. The number of fused-ring (bicyclic) bond motifs is 4. The molecule has 7 aromatic carbocycles. The fourth-order valence-corrected chi connectivity index (χ4v) is 6.34. The minimum absolute atomic E-state index is 1.24. The summed E-state index contributed by atoms with van der Waals surface area (Å²) >= 11 is 0. The zero-order valence-electron chi connectivity index (χ0n) is 20.9. The van der Waals surface area contributed by atoms with E-state index >= 15 is 0 Å². The quantitative estimate of drug-likeness (QED) is 0.236. The lowest BCUT2D eigenvalue weighted by molar-refractivity contribution is 1.58. The summed E-state index contributed by atoms with van der Waals surface area (Å²) in [6, 6.07) is 53.2. The van der Waals surface area contributed by atoms with Gasteiger partial charge in [-0.1, -0.05) is 140 Å². The molecule has 0 saturated heterocycles. The molecule has 0 radical (unpaired) electrons. The number of benzene rings is 7. The van der Waals surface area contributed by atoms with Crippen LogP contribution in [0.2, 0.25) is 0 Å². The Morgan fingerprint density at radius 1 is 0.289 bits per heavy atom. The predicted octanol–water partition coefficient (Wildman–Crippen LogP) is 10.6. The van der Waals surface area contributed by atoms with Gasteiger partial charge in [0.15, 0.2) is 0 Å². The number of rotatable bonds is 3. The molecule has 0 heterocycles. The van der Waals surface area contributed by atoms with Crippen molar-refractivity contribution in [3.05, 3.63) is 146 Å². The van der Waals surface area contributed by atoms with Gasteiger partial charge in [0.1, 0.15) is 0 Å². The average molecular weight is 481 g/mol. The van der Waals surface area contributed by atoms with E-state index in [-0.39, 0.29) is 0 Å². The smallest absolute Gasteiger partial charge is 0.00137 e. The van der Waals surface area contributed by atoms with Gasteiger partial charge in [0.05, 0.1) is 0 Å². The molecule has 0 aliphatic heterocycles. The fourth-order valence-electron chi connectivity index (χ4n) is 6.34. The Bertz CT molecular complexity index is 2000. The Hall–Kier alpha value is -4.94. The van der Waals surface area contributed by atoms with Crippen molar-refractivity contribution in [1.82, 2.24) is 0 Å². The van der Waals surface area contributed by atoms with Crippen LogP contribution in [0.1, 0.15) is 0 Å². The van der Waals surface area contributed by atoms with E-state index < -0.39 is 0 Å². The number of hydrogen-bond donors (Lipinski definition) is 0. The van der Waals surface area contributed by atoms with Crippen molar-refractivity contribution in [3.63, 3.8) is 0 Å². The summed E-state index contributed by atoms with van der Waals surface area (Å²) in [6.07, 6.45) is 0. The molecule has 0 atom stereocenters. The van der Waals surface area contributed by atoms with Gasteiger partial charge in [-0.15, -0.1) is 0 Å². The average Bonchev–Trinajstić information content (AvgIpc) is 3.33. The molecular formula is C38H24. The SMILES string of the molecule is c1ccc(-c2cccc(-c3ccc(-c4cccc5ccccc45)c4c3-c3cccc5cccc-4c35)c2)cc1. The normalized spacial score (nSPS) is 11.7. The van der Waals surface area contributed by atoms with Crippen LogP contribution < -0.4 is 0 Å². The van der Waals surface area contributed by atoms with Gasteiger partial charge >= 0.3 is 0 Å². The molecule has 0 amide bonds. The lowest BCUT2D eigenvalue weighted by Crippen LogP contribution is -1.91. The van der Waals surface area contributed by atoms with Gasteiger partial charge in [-0.2, -0.15) is 0 Å². The Labute approximate surface area is 222 Å². The van der Waals surface area contributed by atoms with Gasteiger partial charge in [0, 0.05) is 0 Å². The van der Waals surface area contributed by atoms with Crippen LogP contribution in [-0.2, 0) is 0 Å². The summed E-state index contributed by atoms with van der Waals surface area (Å²) in [5.41, 5.74) is 12.9. The summed E-state index contributed by atoms with van der Waals surface area (Å²) < 4.78 is 0. The minimum atomic E-state index is 1.24. The van der Waals surface area contributed by atoms with Crippen molar-refractivity contribution in [2.75, 3.05) is 0 Å². The molecule has 0 N–H and O–H groups in total. The second-order valence-electron chi connectivity index (χ2n) is 10.1. The summed E-state index contributed by atoms with van der Waals surface area (Å²) in [5, 5.41) is 5.22. The molecule has 0 heteroatoms. The Morgan fingerprint density at radius 2 is 0.842 bits per heavy atom.